The van der Waals surface area contributed by atoms with E-state index in [9.17, 15) is 14.4 Å². The molecule has 2 N–H and O–H groups in total. The van der Waals surface area contributed by atoms with Gasteiger partial charge in [0.25, 0.3) is 0 Å². The molecule has 1 amide bonds. The summed E-state index contributed by atoms with van der Waals surface area (Å²) in [7, 11) is 0. The SMILES string of the molecule is CCOC(=O)CNCC(=O)N(CC(=O)O)C1Cc2ccccc2C1.Cl. The molecule has 2 rings (SSSR count). The van der Waals surface area contributed by atoms with E-state index in [-0.39, 0.29) is 50.6 Å². The molecule has 7 nitrogen and oxygen atoms in total. The Labute approximate surface area is 152 Å². The maximum absolute atomic E-state index is 12.4. The predicted octanol–water partition coefficient (Wildman–Crippen LogP) is 0.642. The van der Waals surface area contributed by atoms with Crippen LogP contribution in [-0.2, 0) is 32.0 Å². The highest BCUT2D eigenvalue weighted by atomic mass is 35.5. The molecule has 0 atom stereocenters. The normalized spacial score (nSPS) is 12.8. The molecule has 1 aromatic rings. The van der Waals surface area contributed by atoms with Crippen molar-refractivity contribution < 1.29 is 24.2 Å². The summed E-state index contributed by atoms with van der Waals surface area (Å²) in [6, 6.07) is 7.70. The lowest BCUT2D eigenvalue weighted by atomic mass is 10.1. The number of carboxylic acids is 1. The van der Waals surface area contributed by atoms with Crippen LogP contribution in [0.2, 0.25) is 0 Å². The van der Waals surface area contributed by atoms with Crippen molar-refractivity contribution in [2.75, 3.05) is 26.2 Å². The lowest BCUT2D eigenvalue weighted by Gasteiger charge is -2.27. The fourth-order valence-electron chi connectivity index (χ4n) is 2.91. The van der Waals surface area contributed by atoms with Gasteiger partial charge in [0.05, 0.1) is 19.7 Å². The number of ether oxygens (including phenoxy) is 1. The molecule has 8 heteroatoms. The monoisotopic (exact) mass is 370 g/mol. The third-order valence-corrected chi connectivity index (χ3v) is 3.95. The number of nitrogens with one attached hydrogen (secondary N) is 1. The molecular formula is C17H23ClN2O5. The van der Waals surface area contributed by atoms with E-state index in [4.69, 9.17) is 9.84 Å². The minimum absolute atomic E-state index is 0. The number of fused-ring (bicyclic) bond motifs is 1. The van der Waals surface area contributed by atoms with Crippen LogP contribution in [-0.4, -0.2) is 60.1 Å². The molecule has 0 bridgehead atoms. The summed E-state index contributed by atoms with van der Waals surface area (Å²) < 4.78 is 4.77. The largest absolute Gasteiger partial charge is 0.480 e. The number of rotatable bonds is 8. The number of amides is 1. The van der Waals surface area contributed by atoms with E-state index in [1.165, 1.54) is 4.90 Å². The van der Waals surface area contributed by atoms with E-state index in [1.807, 2.05) is 24.3 Å². The van der Waals surface area contributed by atoms with Gasteiger partial charge in [-0.15, -0.1) is 12.4 Å². The summed E-state index contributed by atoms with van der Waals surface area (Å²) in [5.74, 6) is -1.83. The zero-order chi connectivity index (χ0) is 17.5. The van der Waals surface area contributed by atoms with Crippen molar-refractivity contribution in [2.45, 2.75) is 25.8 Å². The van der Waals surface area contributed by atoms with Gasteiger partial charge < -0.3 is 14.7 Å². The number of hydrogen-bond donors (Lipinski definition) is 2. The van der Waals surface area contributed by atoms with Crippen molar-refractivity contribution in [3.63, 3.8) is 0 Å². The first-order valence-electron chi connectivity index (χ1n) is 7.95. The summed E-state index contributed by atoms with van der Waals surface area (Å²) in [6.45, 7) is 1.46. The maximum Gasteiger partial charge on any atom is 0.323 e. The van der Waals surface area contributed by atoms with E-state index in [1.54, 1.807) is 6.92 Å². The first kappa shape index (κ1) is 20.9. The Morgan fingerprint density at radius 1 is 1.20 bits per heavy atom. The molecule has 0 spiro atoms. The van der Waals surface area contributed by atoms with E-state index < -0.39 is 11.9 Å². The fraction of sp³-hybridized carbons (Fsp3) is 0.471. The van der Waals surface area contributed by atoms with Crippen LogP contribution in [0.5, 0.6) is 0 Å². The molecule has 1 aliphatic carbocycles. The van der Waals surface area contributed by atoms with Crippen molar-refractivity contribution in [2.24, 2.45) is 0 Å². The Hall–Kier alpha value is -2.12. The van der Waals surface area contributed by atoms with Gasteiger partial charge in [-0.3, -0.25) is 19.7 Å². The zero-order valence-corrected chi connectivity index (χ0v) is 14.9. The van der Waals surface area contributed by atoms with Gasteiger partial charge in [-0.25, -0.2) is 0 Å². The molecule has 0 aromatic heterocycles. The topological polar surface area (TPSA) is 95.9 Å². The Balaban J connectivity index is 0.00000312. The molecule has 25 heavy (non-hydrogen) atoms. The summed E-state index contributed by atoms with van der Waals surface area (Å²) >= 11 is 0. The van der Waals surface area contributed by atoms with Gasteiger partial charge in [-0.05, 0) is 30.9 Å². The first-order chi connectivity index (χ1) is 11.5. The second-order valence-corrected chi connectivity index (χ2v) is 5.65. The van der Waals surface area contributed by atoms with Gasteiger partial charge in [0, 0.05) is 6.04 Å². The molecule has 1 aliphatic rings. The van der Waals surface area contributed by atoms with E-state index in [0.29, 0.717) is 12.8 Å². The second kappa shape index (κ2) is 10.0. The van der Waals surface area contributed by atoms with Crippen molar-refractivity contribution in [1.29, 1.82) is 0 Å². The van der Waals surface area contributed by atoms with Crippen LogP contribution in [0.4, 0.5) is 0 Å². The Kier molecular flexibility index (Phi) is 8.37. The average molecular weight is 371 g/mol. The van der Waals surface area contributed by atoms with E-state index in [0.717, 1.165) is 11.1 Å². The van der Waals surface area contributed by atoms with Crippen LogP contribution in [0.15, 0.2) is 24.3 Å². The number of esters is 1. The van der Waals surface area contributed by atoms with Crippen LogP contribution < -0.4 is 5.32 Å². The highest BCUT2D eigenvalue weighted by molar-refractivity contribution is 5.85. The summed E-state index contributed by atoms with van der Waals surface area (Å²) in [5, 5.41) is 11.8. The van der Waals surface area contributed by atoms with Gasteiger partial charge in [-0.2, -0.15) is 0 Å². The number of nitrogens with zero attached hydrogens (tertiary/aromatic N) is 1. The van der Waals surface area contributed by atoms with Gasteiger partial charge in [-0.1, -0.05) is 24.3 Å². The number of benzene rings is 1. The molecule has 0 saturated carbocycles. The molecule has 0 heterocycles. The second-order valence-electron chi connectivity index (χ2n) is 5.65. The average Bonchev–Trinajstić information content (AvgIpc) is 2.96. The Bertz CT molecular complexity index is 598. The van der Waals surface area contributed by atoms with Crippen LogP contribution >= 0.6 is 12.4 Å². The molecule has 1 aromatic carbocycles. The van der Waals surface area contributed by atoms with Gasteiger partial charge >= 0.3 is 11.9 Å². The van der Waals surface area contributed by atoms with Crippen LogP contribution in [0.25, 0.3) is 0 Å². The molecule has 0 unspecified atom stereocenters. The lowest BCUT2D eigenvalue weighted by molar-refractivity contribution is -0.146. The van der Waals surface area contributed by atoms with E-state index in [2.05, 4.69) is 5.32 Å². The molecule has 0 fully saturated rings. The Morgan fingerprint density at radius 3 is 2.32 bits per heavy atom. The number of carboxylic acid groups (broad SMARTS) is 1. The summed E-state index contributed by atoms with van der Waals surface area (Å²) in [6.07, 6.45) is 1.29. The van der Waals surface area contributed by atoms with Crippen molar-refractivity contribution >= 4 is 30.3 Å². The zero-order valence-electron chi connectivity index (χ0n) is 14.1. The fourth-order valence-corrected chi connectivity index (χ4v) is 2.91. The third kappa shape index (κ3) is 6.03. The predicted molar refractivity (Wildman–Crippen MR) is 93.7 cm³/mol. The molecular weight excluding hydrogens is 348 g/mol. The van der Waals surface area contributed by atoms with Gasteiger partial charge in [0.1, 0.15) is 6.54 Å². The molecule has 138 valence electrons. The first-order valence-corrected chi connectivity index (χ1v) is 7.95. The minimum Gasteiger partial charge on any atom is -0.480 e. The summed E-state index contributed by atoms with van der Waals surface area (Å²) in [5.41, 5.74) is 2.29. The highest BCUT2D eigenvalue weighted by Gasteiger charge is 2.30. The van der Waals surface area contributed by atoms with Crippen LogP contribution in [0.3, 0.4) is 0 Å². The van der Waals surface area contributed by atoms with Crippen molar-refractivity contribution in [3.05, 3.63) is 35.4 Å². The van der Waals surface area contributed by atoms with Crippen LogP contribution in [0, 0.1) is 0 Å². The molecule has 0 saturated heterocycles. The van der Waals surface area contributed by atoms with Gasteiger partial charge in [0.15, 0.2) is 0 Å². The quantitative estimate of drug-likeness (QED) is 0.652. The van der Waals surface area contributed by atoms with Crippen LogP contribution in [0.1, 0.15) is 18.1 Å². The molecule has 0 aliphatic heterocycles. The maximum atomic E-state index is 12.4. The van der Waals surface area contributed by atoms with Gasteiger partial charge in [0.2, 0.25) is 5.91 Å². The number of carbonyl (C=O) groups excluding carboxylic acids is 2. The highest BCUT2D eigenvalue weighted by Crippen LogP contribution is 2.25. The standard InChI is InChI=1S/C17H22N2O5.ClH/c1-2-24-17(23)10-18-9-15(20)19(11-16(21)22)14-7-12-5-3-4-6-13(12)8-14;/h3-6,14,18H,2,7-11H2,1H3,(H,21,22);1H. The minimum atomic E-state index is -1.05. The smallest absolute Gasteiger partial charge is 0.323 e. The van der Waals surface area contributed by atoms with E-state index >= 15 is 0 Å². The number of hydrogen-bond acceptors (Lipinski definition) is 5. The number of halogens is 1. The Morgan fingerprint density at radius 2 is 1.80 bits per heavy atom. The van der Waals surface area contributed by atoms with Crippen molar-refractivity contribution in [3.8, 4) is 0 Å². The summed E-state index contributed by atoms with van der Waals surface area (Å²) in [4.78, 5) is 36.2. The number of aliphatic carboxylic acids is 1. The van der Waals surface area contributed by atoms with Crippen molar-refractivity contribution in [1.82, 2.24) is 10.2 Å². The lowest BCUT2D eigenvalue weighted by Crippen LogP contribution is -2.48. The third-order valence-electron chi connectivity index (χ3n) is 3.95. The molecule has 0 radical (unpaired) electrons. The number of carbonyl (C=O) groups is 3.